The van der Waals surface area contributed by atoms with E-state index < -0.39 is 0 Å². The van der Waals surface area contributed by atoms with Gasteiger partial charge in [-0.1, -0.05) is 31.2 Å². The molecule has 0 heterocycles. The summed E-state index contributed by atoms with van der Waals surface area (Å²) in [5, 5.41) is 3.40. The highest BCUT2D eigenvalue weighted by Crippen LogP contribution is 2.24. The van der Waals surface area contributed by atoms with E-state index in [0.717, 1.165) is 24.1 Å². The van der Waals surface area contributed by atoms with Gasteiger partial charge in [-0.2, -0.15) is 0 Å². The number of aryl methyl sites for hydroxylation is 1. The van der Waals surface area contributed by atoms with E-state index in [4.69, 9.17) is 0 Å². The van der Waals surface area contributed by atoms with Gasteiger partial charge >= 0.3 is 0 Å². The van der Waals surface area contributed by atoms with Crippen LogP contribution in [0.2, 0.25) is 0 Å². The molecular weight excluding hydrogens is 268 g/mol. The molecule has 1 nitrogen and oxygen atoms in total. The number of nitrogens with one attached hydrogen (secondary N) is 1. The minimum atomic E-state index is -0.257. The van der Waals surface area contributed by atoms with Crippen LogP contribution in [-0.2, 0) is 6.42 Å². The van der Waals surface area contributed by atoms with Gasteiger partial charge in [0.25, 0.3) is 0 Å². The van der Waals surface area contributed by atoms with Crippen molar-refractivity contribution in [1.29, 1.82) is 0 Å². The van der Waals surface area contributed by atoms with Crippen LogP contribution < -0.4 is 5.32 Å². The molecule has 1 unspecified atom stereocenters. The van der Waals surface area contributed by atoms with Crippen molar-refractivity contribution in [1.82, 2.24) is 5.32 Å². The maximum atomic E-state index is 13.9. The van der Waals surface area contributed by atoms with Crippen molar-refractivity contribution >= 4 is 0 Å². The Morgan fingerprint density at radius 3 is 2.57 bits per heavy atom. The summed E-state index contributed by atoms with van der Waals surface area (Å²) < 4.78 is 27.4. The lowest BCUT2D eigenvalue weighted by atomic mass is 9.95. The summed E-state index contributed by atoms with van der Waals surface area (Å²) in [4.78, 5) is 0. The average Bonchev–Trinajstić information content (AvgIpc) is 2.48. The van der Waals surface area contributed by atoms with E-state index in [1.54, 1.807) is 24.3 Å². The fraction of sp³-hybridized carbons (Fsp3) is 0.333. The number of hydrogen-bond donors (Lipinski definition) is 1. The van der Waals surface area contributed by atoms with Crippen LogP contribution in [0.1, 0.15) is 36.1 Å². The Labute approximate surface area is 125 Å². The SMILES string of the molecule is CCCNC(Cc1ccccc1F)c1cc(F)ccc1C. The van der Waals surface area contributed by atoms with Crippen LogP contribution in [0.5, 0.6) is 0 Å². The van der Waals surface area contributed by atoms with Crippen molar-refractivity contribution < 1.29 is 8.78 Å². The number of rotatable bonds is 6. The summed E-state index contributed by atoms with van der Waals surface area (Å²) in [6.07, 6.45) is 1.49. The first-order chi connectivity index (χ1) is 10.1. The monoisotopic (exact) mass is 289 g/mol. The van der Waals surface area contributed by atoms with Gasteiger partial charge in [-0.15, -0.1) is 0 Å². The largest absolute Gasteiger partial charge is 0.310 e. The molecule has 2 aromatic carbocycles. The van der Waals surface area contributed by atoms with E-state index in [1.807, 2.05) is 13.0 Å². The van der Waals surface area contributed by atoms with Crippen molar-refractivity contribution in [2.45, 2.75) is 32.7 Å². The van der Waals surface area contributed by atoms with E-state index in [9.17, 15) is 8.78 Å². The number of hydrogen-bond acceptors (Lipinski definition) is 1. The van der Waals surface area contributed by atoms with E-state index in [2.05, 4.69) is 12.2 Å². The summed E-state index contributed by atoms with van der Waals surface area (Å²) in [5.41, 5.74) is 2.56. The third-order valence-electron chi connectivity index (χ3n) is 3.64. The first-order valence-corrected chi connectivity index (χ1v) is 7.34. The van der Waals surface area contributed by atoms with Crippen molar-refractivity contribution in [3.8, 4) is 0 Å². The van der Waals surface area contributed by atoms with Gasteiger partial charge in [-0.05, 0) is 61.2 Å². The van der Waals surface area contributed by atoms with Gasteiger partial charge in [0, 0.05) is 6.04 Å². The molecule has 0 aliphatic rings. The topological polar surface area (TPSA) is 12.0 Å². The second-order valence-corrected chi connectivity index (χ2v) is 5.30. The molecule has 0 aromatic heterocycles. The molecule has 0 amide bonds. The zero-order chi connectivity index (χ0) is 15.2. The second-order valence-electron chi connectivity index (χ2n) is 5.30. The van der Waals surface area contributed by atoms with Gasteiger partial charge in [-0.25, -0.2) is 8.78 Å². The van der Waals surface area contributed by atoms with Crippen molar-refractivity contribution in [3.63, 3.8) is 0 Å². The molecule has 0 aliphatic carbocycles. The highest BCUT2D eigenvalue weighted by Gasteiger charge is 2.16. The molecule has 0 saturated carbocycles. The molecule has 0 aliphatic heterocycles. The zero-order valence-electron chi connectivity index (χ0n) is 12.5. The van der Waals surface area contributed by atoms with Crippen LogP contribution in [0, 0.1) is 18.6 Å². The number of halogens is 2. The highest BCUT2D eigenvalue weighted by molar-refractivity contribution is 5.31. The van der Waals surface area contributed by atoms with E-state index in [0.29, 0.717) is 12.0 Å². The van der Waals surface area contributed by atoms with Gasteiger partial charge in [-0.3, -0.25) is 0 Å². The minimum Gasteiger partial charge on any atom is -0.310 e. The molecule has 0 radical (unpaired) electrons. The molecular formula is C18H21F2N. The van der Waals surface area contributed by atoms with Crippen molar-refractivity contribution in [2.75, 3.05) is 6.54 Å². The lowest BCUT2D eigenvalue weighted by molar-refractivity contribution is 0.507. The maximum Gasteiger partial charge on any atom is 0.126 e. The Bertz CT molecular complexity index is 596. The molecule has 21 heavy (non-hydrogen) atoms. The Morgan fingerprint density at radius 1 is 1.10 bits per heavy atom. The summed E-state index contributed by atoms with van der Waals surface area (Å²) in [7, 11) is 0. The Balaban J connectivity index is 2.30. The molecule has 1 atom stereocenters. The van der Waals surface area contributed by atoms with E-state index >= 15 is 0 Å². The van der Waals surface area contributed by atoms with Crippen LogP contribution in [0.4, 0.5) is 8.78 Å². The summed E-state index contributed by atoms with van der Waals surface area (Å²) in [6.45, 7) is 4.84. The molecule has 0 bridgehead atoms. The summed E-state index contributed by atoms with van der Waals surface area (Å²) in [6, 6.07) is 11.4. The summed E-state index contributed by atoms with van der Waals surface area (Å²) in [5.74, 6) is -0.470. The highest BCUT2D eigenvalue weighted by atomic mass is 19.1. The van der Waals surface area contributed by atoms with Crippen LogP contribution in [0.15, 0.2) is 42.5 Å². The average molecular weight is 289 g/mol. The van der Waals surface area contributed by atoms with Crippen LogP contribution in [0.3, 0.4) is 0 Å². The maximum absolute atomic E-state index is 13.9. The van der Waals surface area contributed by atoms with Crippen molar-refractivity contribution in [3.05, 3.63) is 70.8 Å². The predicted octanol–water partition coefficient (Wildman–Crippen LogP) is 4.56. The molecule has 3 heteroatoms. The molecule has 0 spiro atoms. The zero-order valence-corrected chi connectivity index (χ0v) is 12.5. The standard InChI is InChI=1S/C18H21F2N/c1-3-10-21-18(11-14-6-4-5-7-17(14)20)16-12-15(19)9-8-13(16)2/h4-9,12,18,21H,3,10-11H2,1-2H3. The number of benzene rings is 2. The van der Waals surface area contributed by atoms with Gasteiger partial charge in [0.05, 0.1) is 0 Å². The Morgan fingerprint density at radius 2 is 1.86 bits per heavy atom. The fourth-order valence-electron chi connectivity index (χ4n) is 2.48. The molecule has 0 saturated heterocycles. The van der Waals surface area contributed by atoms with Gasteiger partial charge in [0.1, 0.15) is 11.6 Å². The second kappa shape index (κ2) is 7.32. The Kier molecular flexibility index (Phi) is 5.45. The molecule has 2 aromatic rings. The quantitative estimate of drug-likeness (QED) is 0.822. The fourth-order valence-corrected chi connectivity index (χ4v) is 2.48. The smallest absolute Gasteiger partial charge is 0.126 e. The third-order valence-corrected chi connectivity index (χ3v) is 3.64. The molecule has 0 fully saturated rings. The molecule has 112 valence electrons. The lowest BCUT2D eigenvalue weighted by Gasteiger charge is -2.21. The van der Waals surface area contributed by atoms with Crippen molar-refractivity contribution in [2.24, 2.45) is 0 Å². The van der Waals surface area contributed by atoms with Crippen LogP contribution in [-0.4, -0.2) is 6.54 Å². The van der Waals surface area contributed by atoms with E-state index in [1.165, 1.54) is 12.1 Å². The first kappa shape index (κ1) is 15.6. The minimum absolute atomic E-state index is 0.0856. The van der Waals surface area contributed by atoms with Gasteiger partial charge in [0.2, 0.25) is 0 Å². The van der Waals surface area contributed by atoms with Gasteiger partial charge < -0.3 is 5.32 Å². The van der Waals surface area contributed by atoms with Crippen LogP contribution >= 0.6 is 0 Å². The lowest BCUT2D eigenvalue weighted by Crippen LogP contribution is -2.25. The molecule has 2 rings (SSSR count). The summed E-state index contributed by atoms with van der Waals surface area (Å²) >= 11 is 0. The van der Waals surface area contributed by atoms with Crippen LogP contribution in [0.25, 0.3) is 0 Å². The van der Waals surface area contributed by atoms with Gasteiger partial charge in [0.15, 0.2) is 0 Å². The first-order valence-electron chi connectivity index (χ1n) is 7.34. The molecule has 1 N–H and O–H groups in total. The van der Waals surface area contributed by atoms with E-state index in [-0.39, 0.29) is 17.7 Å². The third kappa shape index (κ3) is 4.11. The normalized spacial score (nSPS) is 12.4. The predicted molar refractivity (Wildman–Crippen MR) is 82.3 cm³/mol. The Hall–Kier alpha value is -1.74.